The highest BCUT2D eigenvalue weighted by Gasteiger charge is 2.22. The van der Waals surface area contributed by atoms with Crippen molar-refractivity contribution in [1.29, 1.82) is 0 Å². The molecule has 3 aromatic carbocycles. The molecule has 0 aliphatic heterocycles. The van der Waals surface area contributed by atoms with Crippen LogP contribution < -0.4 is 11.1 Å². The van der Waals surface area contributed by atoms with E-state index in [4.69, 9.17) is 5.73 Å². The average molecular weight is 394 g/mol. The lowest BCUT2D eigenvalue weighted by Crippen LogP contribution is -2.16. The van der Waals surface area contributed by atoms with E-state index in [1.807, 2.05) is 24.3 Å². The molecule has 7 nitrogen and oxygen atoms in total. The highest BCUT2D eigenvalue weighted by atomic mass is 32.2. The van der Waals surface area contributed by atoms with Crippen LogP contribution in [0.4, 0.5) is 5.69 Å². The van der Waals surface area contributed by atoms with Crippen LogP contribution in [0.2, 0.25) is 0 Å². The fraction of sp³-hybridized carbons (Fsp3) is 0.100. The van der Waals surface area contributed by atoms with Crippen molar-refractivity contribution in [3.8, 4) is 0 Å². The summed E-state index contributed by atoms with van der Waals surface area (Å²) in [5.74, 6) is -0.405. The zero-order valence-electron chi connectivity index (χ0n) is 14.9. The normalized spacial score (nSPS) is 11.7. The number of nitrogens with two attached hydrogens (primary N) is 1. The van der Waals surface area contributed by atoms with Gasteiger partial charge in [0.05, 0.1) is 16.6 Å². The van der Waals surface area contributed by atoms with Gasteiger partial charge in [-0.1, -0.05) is 36.4 Å². The number of amides is 1. The number of nitrogens with zero attached hydrogens (tertiary/aromatic N) is 2. The molecule has 1 heterocycles. The molecule has 1 amide bonds. The van der Waals surface area contributed by atoms with Crippen molar-refractivity contribution in [2.24, 2.45) is 5.73 Å². The number of aromatic nitrogens is 2. The number of benzene rings is 3. The predicted molar refractivity (Wildman–Crippen MR) is 109 cm³/mol. The Hall–Kier alpha value is -3.39. The highest BCUT2D eigenvalue weighted by molar-refractivity contribution is 7.90. The number of carbonyl (C=O) groups is 1. The molecule has 8 heteroatoms. The first-order chi connectivity index (χ1) is 13.5. The van der Waals surface area contributed by atoms with E-state index in [0.717, 1.165) is 9.47 Å². The molecule has 4 rings (SSSR count). The molecule has 0 fully saturated rings. The molecule has 142 valence electrons. The summed E-state index contributed by atoms with van der Waals surface area (Å²) in [6, 6.07) is 17.8. The Kier molecular flexibility index (Phi) is 4.48. The third-order valence-corrected chi connectivity index (χ3v) is 6.15. The van der Waals surface area contributed by atoms with Crippen LogP contribution >= 0.6 is 0 Å². The number of nitrogens with one attached hydrogen (secondary N) is 1. The number of hydrogen-bond acceptors (Lipinski definition) is 5. The molecule has 0 atom stereocenters. The van der Waals surface area contributed by atoms with E-state index in [2.05, 4.69) is 10.4 Å². The second-order valence-corrected chi connectivity index (χ2v) is 8.12. The van der Waals surface area contributed by atoms with Gasteiger partial charge in [0.1, 0.15) is 0 Å². The van der Waals surface area contributed by atoms with Crippen LogP contribution in [0.5, 0.6) is 0 Å². The first-order valence-corrected chi connectivity index (χ1v) is 10.1. The minimum absolute atomic E-state index is 0.186. The molecule has 0 saturated carbocycles. The zero-order chi connectivity index (χ0) is 19.7. The largest absolute Gasteiger partial charge is 0.384 e. The minimum atomic E-state index is -3.90. The molecule has 3 N–H and O–H groups in total. The van der Waals surface area contributed by atoms with E-state index >= 15 is 0 Å². The van der Waals surface area contributed by atoms with Crippen LogP contribution in [0.3, 0.4) is 0 Å². The molecule has 0 spiro atoms. The minimum Gasteiger partial charge on any atom is -0.384 e. The number of anilines is 1. The lowest BCUT2D eigenvalue weighted by Gasteiger charge is -2.10. The van der Waals surface area contributed by atoms with Gasteiger partial charge in [-0.2, -0.15) is 17.6 Å². The molecule has 1 aromatic heterocycles. The second kappa shape index (κ2) is 6.97. The van der Waals surface area contributed by atoms with Crippen molar-refractivity contribution >= 4 is 43.3 Å². The monoisotopic (exact) mass is 394 g/mol. The van der Waals surface area contributed by atoms with Crippen molar-refractivity contribution in [1.82, 2.24) is 9.19 Å². The number of fused-ring (bicyclic) bond motifs is 2. The fourth-order valence-corrected chi connectivity index (χ4v) is 4.63. The van der Waals surface area contributed by atoms with Gasteiger partial charge in [0.15, 0.2) is 0 Å². The summed E-state index contributed by atoms with van der Waals surface area (Å²) >= 11 is 0. The quantitative estimate of drug-likeness (QED) is 0.523. The summed E-state index contributed by atoms with van der Waals surface area (Å²) in [5.41, 5.74) is 6.29. The van der Waals surface area contributed by atoms with Gasteiger partial charge in [0.25, 0.3) is 10.0 Å². The smallest absolute Gasteiger partial charge is 0.284 e. The highest BCUT2D eigenvalue weighted by Crippen LogP contribution is 2.27. The molecule has 0 aliphatic rings. The van der Waals surface area contributed by atoms with Gasteiger partial charge in [-0.25, -0.2) is 0 Å². The topological polar surface area (TPSA) is 107 Å². The second-order valence-electron chi connectivity index (χ2n) is 6.39. The number of rotatable bonds is 6. The summed E-state index contributed by atoms with van der Waals surface area (Å²) in [5, 5.41) is 9.38. The molecule has 0 unspecified atom stereocenters. The van der Waals surface area contributed by atoms with Gasteiger partial charge in [-0.15, -0.1) is 0 Å². The van der Waals surface area contributed by atoms with Crippen LogP contribution in [-0.4, -0.2) is 30.1 Å². The van der Waals surface area contributed by atoms with Crippen molar-refractivity contribution in [3.63, 3.8) is 0 Å². The molecule has 0 bridgehead atoms. The van der Waals surface area contributed by atoms with Crippen molar-refractivity contribution in [2.45, 2.75) is 11.3 Å². The van der Waals surface area contributed by atoms with E-state index in [9.17, 15) is 13.2 Å². The zero-order valence-corrected chi connectivity index (χ0v) is 15.7. The number of hydrogen-bond donors (Lipinski definition) is 2. The van der Waals surface area contributed by atoms with Gasteiger partial charge in [-0.05, 0) is 29.7 Å². The van der Waals surface area contributed by atoms with E-state index in [1.165, 1.54) is 6.20 Å². The summed E-state index contributed by atoms with van der Waals surface area (Å²) in [6.45, 7) is 0.366. The predicted octanol–water partition coefficient (Wildman–Crippen LogP) is 2.71. The molecular formula is C20H18N4O3S. The molecule has 0 saturated heterocycles. The Morgan fingerprint density at radius 3 is 2.64 bits per heavy atom. The van der Waals surface area contributed by atoms with Gasteiger partial charge >= 0.3 is 0 Å². The van der Waals surface area contributed by atoms with Crippen LogP contribution in [-0.2, 0) is 14.8 Å². The summed E-state index contributed by atoms with van der Waals surface area (Å²) in [4.78, 5) is 11.1. The van der Waals surface area contributed by atoms with Crippen LogP contribution in [0.25, 0.3) is 21.7 Å². The average Bonchev–Trinajstić information content (AvgIpc) is 3.11. The number of primary amides is 1. The lowest BCUT2D eigenvalue weighted by atomic mass is 10.1. The Labute approximate surface area is 161 Å². The van der Waals surface area contributed by atoms with Crippen LogP contribution in [0.15, 0.2) is 71.8 Å². The van der Waals surface area contributed by atoms with Gasteiger partial charge < -0.3 is 11.1 Å². The first kappa shape index (κ1) is 18.0. The third-order valence-electron chi connectivity index (χ3n) is 4.49. The Morgan fingerprint density at radius 2 is 1.82 bits per heavy atom. The molecule has 0 radical (unpaired) electrons. The van der Waals surface area contributed by atoms with Crippen molar-refractivity contribution < 1.29 is 13.2 Å². The summed E-state index contributed by atoms with van der Waals surface area (Å²) in [7, 11) is -3.90. The maximum absolute atomic E-state index is 13.4. The Bertz CT molecular complexity index is 1290. The van der Waals surface area contributed by atoms with E-state index in [-0.39, 0.29) is 11.3 Å². The van der Waals surface area contributed by atoms with Crippen LogP contribution in [0.1, 0.15) is 6.42 Å². The maximum atomic E-state index is 13.4. The van der Waals surface area contributed by atoms with Crippen LogP contribution in [0, 0.1) is 0 Å². The molecular weight excluding hydrogens is 376 g/mol. The lowest BCUT2D eigenvalue weighted by molar-refractivity contribution is -0.117. The molecule has 0 aliphatic carbocycles. The number of carbonyl (C=O) groups excluding carboxylic acids is 1. The van der Waals surface area contributed by atoms with Gasteiger partial charge in [0.2, 0.25) is 5.91 Å². The summed E-state index contributed by atoms with van der Waals surface area (Å²) in [6.07, 6.45) is 1.71. The SMILES string of the molecule is NC(=O)CCNc1ccc2cnn(S(=O)(=O)c3cccc4ccccc34)c2c1. The maximum Gasteiger partial charge on any atom is 0.284 e. The standard InChI is InChI=1S/C20H18N4O3S/c21-20(25)10-11-22-16-9-8-15-13-23-24(18(15)12-16)28(26,27)19-7-3-5-14-4-1-2-6-17(14)19/h1-9,12-13,22H,10-11H2,(H2,21,25). The fourth-order valence-electron chi connectivity index (χ4n) is 3.14. The van der Waals surface area contributed by atoms with E-state index in [0.29, 0.717) is 28.5 Å². The van der Waals surface area contributed by atoms with Crippen molar-refractivity contribution in [2.75, 3.05) is 11.9 Å². The Morgan fingerprint density at radius 1 is 1.04 bits per heavy atom. The van der Waals surface area contributed by atoms with E-state index < -0.39 is 15.9 Å². The first-order valence-electron chi connectivity index (χ1n) is 8.70. The summed E-state index contributed by atoms with van der Waals surface area (Å²) < 4.78 is 27.8. The Balaban J connectivity index is 1.80. The van der Waals surface area contributed by atoms with Gasteiger partial charge in [-0.3, -0.25) is 4.79 Å². The van der Waals surface area contributed by atoms with Gasteiger partial charge in [0, 0.05) is 29.4 Å². The third kappa shape index (κ3) is 3.18. The molecule has 4 aromatic rings. The van der Waals surface area contributed by atoms with E-state index in [1.54, 1.807) is 36.4 Å². The molecule has 28 heavy (non-hydrogen) atoms. The van der Waals surface area contributed by atoms with Crippen molar-refractivity contribution in [3.05, 3.63) is 66.9 Å².